The first-order valence-corrected chi connectivity index (χ1v) is 7.53. The van der Waals surface area contributed by atoms with Crippen molar-refractivity contribution >= 4 is 20.0 Å². The fourth-order valence-corrected chi connectivity index (χ4v) is 1.12. The second kappa shape index (κ2) is 9.23. The third kappa shape index (κ3) is 7.53. The van der Waals surface area contributed by atoms with E-state index >= 15 is 0 Å². The molecule has 19 heteroatoms. The van der Waals surface area contributed by atoms with Crippen molar-refractivity contribution in [2.24, 2.45) is 10.3 Å². The molecule has 0 aliphatic carbocycles. The molecule has 0 aromatic rings. The van der Waals surface area contributed by atoms with Gasteiger partial charge in [0, 0.05) is 0 Å². The van der Waals surface area contributed by atoms with E-state index in [0.29, 0.717) is 0 Å². The number of hydrogen-bond acceptors (Lipinski definition) is 4. The molecule has 0 aromatic carbocycles. The minimum Gasteiger partial charge on any atom is -1.00 e. The summed E-state index contributed by atoms with van der Waals surface area (Å²) in [5.41, 5.74) is 0. The SMILES string of the molecule is NS(=O)(=O)C(F)(F)C(F)=C(F)F.NS(=O)(=O)C(F)(F)C(F)=C(F)F.[H-].[Li+]. The molecule has 0 spiro atoms. The average molecular weight is 430 g/mol. The van der Waals surface area contributed by atoms with Crippen LogP contribution in [-0.4, -0.2) is 27.3 Å². The van der Waals surface area contributed by atoms with Gasteiger partial charge in [-0.3, -0.25) is 0 Å². The van der Waals surface area contributed by atoms with Crippen LogP contribution in [0.5, 0.6) is 0 Å². The molecule has 0 saturated heterocycles. The Balaban J connectivity index is -0.000000173. The molecule has 0 aliphatic heterocycles. The Kier molecular flexibility index (Phi) is 10.7. The van der Waals surface area contributed by atoms with Gasteiger partial charge in [-0.15, -0.1) is 0 Å². The molecule has 6 nitrogen and oxygen atoms in total. The molecule has 0 aliphatic rings. The molecule has 146 valence electrons. The van der Waals surface area contributed by atoms with Crippen molar-refractivity contribution in [1.82, 2.24) is 0 Å². The van der Waals surface area contributed by atoms with Crippen molar-refractivity contribution in [2.45, 2.75) is 10.5 Å². The minimum atomic E-state index is -5.69. The molecule has 0 fully saturated rings. The number of primary sulfonamides is 2. The maximum atomic E-state index is 11.9. The van der Waals surface area contributed by atoms with Gasteiger partial charge < -0.3 is 1.43 Å². The van der Waals surface area contributed by atoms with Crippen LogP contribution in [0.15, 0.2) is 23.8 Å². The van der Waals surface area contributed by atoms with Gasteiger partial charge in [0.2, 0.25) is 0 Å². The van der Waals surface area contributed by atoms with Crippen LogP contribution in [0.25, 0.3) is 0 Å². The largest absolute Gasteiger partial charge is 1.00 e. The Morgan fingerprint density at radius 3 is 0.840 bits per heavy atom. The van der Waals surface area contributed by atoms with Gasteiger partial charge in [0.05, 0.1) is 0 Å². The van der Waals surface area contributed by atoms with E-state index in [1.807, 2.05) is 0 Å². The number of sulfonamides is 2. The van der Waals surface area contributed by atoms with Crippen LogP contribution in [0, 0.1) is 0 Å². The van der Waals surface area contributed by atoms with Crippen molar-refractivity contribution in [1.29, 1.82) is 0 Å². The zero-order chi connectivity index (χ0) is 20.3. The van der Waals surface area contributed by atoms with Gasteiger partial charge >= 0.3 is 41.5 Å². The van der Waals surface area contributed by atoms with Gasteiger partial charge in [0.1, 0.15) is 0 Å². The molecule has 0 aromatic heterocycles. The summed E-state index contributed by atoms with van der Waals surface area (Å²) in [6.45, 7) is 0. The van der Waals surface area contributed by atoms with E-state index in [4.69, 9.17) is 0 Å². The summed E-state index contributed by atoms with van der Waals surface area (Å²) >= 11 is 0. The normalized spacial score (nSPS) is 12.3. The molecule has 25 heavy (non-hydrogen) atoms. The summed E-state index contributed by atoms with van der Waals surface area (Å²) in [7, 11) is -11.4. The van der Waals surface area contributed by atoms with Crippen molar-refractivity contribution in [3.05, 3.63) is 23.8 Å². The Labute approximate surface area is 146 Å². The first-order chi connectivity index (χ1) is 10.2. The molecule has 0 rings (SSSR count). The van der Waals surface area contributed by atoms with Crippen molar-refractivity contribution in [3.63, 3.8) is 0 Å². The second-order valence-corrected chi connectivity index (χ2v) is 6.48. The molecule has 0 heterocycles. The van der Waals surface area contributed by atoms with Crippen molar-refractivity contribution < 1.29 is 81.0 Å². The van der Waals surface area contributed by atoms with E-state index < -0.39 is 54.4 Å². The van der Waals surface area contributed by atoms with E-state index in [1.54, 1.807) is 0 Å². The third-order valence-corrected chi connectivity index (χ3v) is 3.35. The maximum absolute atomic E-state index is 11.9. The van der Waals surface area contributed by atoms with Crippen LogP contribution in [0.3, 0.4) is 0 Å². The molecule has 0 amide bonds. The summed E-state index contributed by atoms with van der Waals surface area (Å²) in [6.07, 6.45) is -6.84. The standard InChI is InChI=1S/2C3H2F5NO2S.Li.H/c2*4-1(2(5)6)3(7,8)12(9,10)11;;/h2*(H2,9,10,11);;/q;;+1;-1. The number of hydrogen-bond donors (Lipinski definition) is 2. The Morgan fingerprint density at radius 2 is 0.800 bits per heavy atom. The molecular formula is C6H5F10LiN2O4S2. The molecule has 0 saturated carbocycles. The van der Waals surface area contributed by atoms with E-state index in [0.717, 1.165) is 0 Å². The Hall–Kier alpha value is -0.803. The molecule has 0 unspecified atom stereocenters. The van der Waals surface area contributed by atoms with E-state index in [-0.39, 0.29) is 20.3 Å². The van der Waals surface area contributed by atoms with Crippen molar-refractivity contribution in [3.8, 4) is 0 Å². The van der Waals surface area contributed by atoms with Gasteiger partial charge in [-0.1, -0.05) is 0 Å². The predicted octanol–water partition coefficient (Wildman–Crippen LogP) is -0.993. The topological polar surface area (TPSA) is 120 Å². The number of alkyl halides is 4. The summed E-state index contributed by atoms with van der Waals surface area (Å²) in [5.74, 6) is -6.71. The third-order valence-electron chi connectivity index (χ3n) is 1.56. The van der Waals surface area contributed by atoms with Crippen LogP contribution < -0.4 is 29.1 Å². The number of nitrogens with two attached hydrogens (primary N) is 2. The fourth-order valence-electron chi connectivity index (χ4n) is 0.470. The van der Waals surface area contributed by atoms with Crippen LogP contribution in [0.1, 0.15) is 1.43 Å². The maximum Gasteiger partial charge on any atom is 1.00 e. The van der Waals surface area contributed by atoms with Crippen LogP contribution in [0.2, 0.25) is 0 Å². The molecule has 4 N–H and O–H groups in total. The fraction of sp³-hybridized carbons (Fsp3) is 0.333. The molecular weight excluding hydrogens is 425 g/mol. The first kappa shape index (κ1) is 29.0. The zero-order valence-electron chi connectivity index (χ0n) is 12.4. The first-order valence-electron chi connectivity index (χ1n) is 4.44. The monoisotopic (exact) mass is 430 g/mol. The van der Waals surface area contributed by atoms with Crippen molar-refractivity contribution in [2.75, 3.05) is 0 Å². The summed E-state index contributed by atoms with van der Waals surface area (Å²) < 4.78 is 155. The number of rotatable bonds is 4. The quantitative estimate of drug-likeness (QED) is 0.440. The molecule has 0 radical (unpaired) electrons. The molecule has 0 atom stereocenters. The predicted molar refractivity (Wildman–Crippen MR) is 57.9 cm³/mol. The van der Waals surface area contributed by atoms with Gasteiger partial charge in [-0.25, -0.2) is 27.1 Å². The van der Waals surface area contributed by atoms with Crippen LogP contribution >= 0.6 is 0 Å². The smallest absolute Gasteiger partial charge is 1.00 e. The van der Waals surface area contributed by atoms with Crippen LogP contribution in [-0.2, 0) is 20.0 Å². The Bertz CT molecular complexity index is 681. The van der Waals surface area contributed by atoms with Crippen LogP contribution in [0.4, 0.5) is 43.9 Å². The van der Waals surface area contributed by atoms with Gasteiger partial charge in [0.15, 0.2) is 0 Å². The van der Waals surface area contributed by atoms with E-state index in [2.05, 4.69) is 10.3 Å². The van der Waals surface area contributed by atoms with E-state index in [9.17, 15) is 60.7 Å². The summed E-state index contributed by atoms with van der Waals surface area (Å²) in [6, 6.07) is 0. The van der Waals surface area contributed by atoms with Gasteiger partial charge in [0.25, 0.3) is 31.7 Å². The number of halogens is 10. The van der Waals surface area contributed by atoms with Gasteiger partial charge in [-0.2, -0.15) is 43.9 Å². The molecule has 0 bridgehead atoms. The minimum absolute atomic E-state index is 0. The zero-order valence-corrected chi connectivity index (χ0v) is 13.0. The Morgan fingerprint density at radius 1 is 0.640 bits per heavy atom. The van der Waals surface area contributed by atoms with E-state index in [1.165, 1.54) is 0 Å². The summed E-state index contributed by atoms with van der Waals surface area (Å²) in [4.78, 5) is 0. The second-order valence-electron chi connectivity index (χ2n) is 3.27. The van der Waals surface area contributed by atoms with Gasteiger partial charge in [-0.05, 0) is 0 Å². The average Bonchev–Trinajstić information content (AvgIpc) is 2.34. The summed E-state index contributed by atoms with van der Waals surface area (Å²) in [5, 5.41) is -3.21.